The minimum absolute atomic E-state index is 0.0599. The van der Waals surface area contributed by atoms with Crippen molar-refractivity contribution in [2.75, 3.05) is 18.5 Å². The Kier molecular flexibility index (Phi) is 6.71. The van der Waals surface area contributed by atoms with Crippen molar-refractivity contribution < 1.29 is 22.1 Å². The second kappa shape index (κ2) is 10.3. The maximum absolute atomic E-state index is 12.5. The summed E-state index contributed by atoms with van der Waals surface area (Å²) >= 11 is 8.04. The number of ether oxygens (including phenoxy) is 2. The van der Waals surface area contributed by atoms with Gasteiger partial charge < -0.3 is 23.7 Å². The molecule has 0 bridgehead atoms. The van der Waals surface area contributed by atoms with E-state index in [1.54, 1.807) is 12.1 Å². The SMILES string of the molecule is Cc1ccc(S(=O)(=O)OC=c2cnc3c(n2)SNC=3Nc2cccc(-c3ccc4c(c3)OCCO4)c2Cl)cc1. The summed E-state index contributed by atoms with van der Waals surface area (Å²) in [5.74, 6) is 2.00. The van der Waals surface area contributed by atoms with Gasteiger partial charge in [-0.15, -0.1) is 0 Å². The number of nitrogens with zero attached hydrogens (tertiary/aromatic N) is 2. The van der Waals surface area contributed by atoms with E-state index >= 15 is 0 Å². The third-order valence-corrected chi connectivity index (χ3v) is 8.35. The lowest BCUT2D eigenvalue weighted by molar-refractivity contribution is 0.171. The highest BCUT2D eigenvalue weighted by molar-refractivity contribution is 7.97. The summed E-state index contributed by atoms with van der Waals surface area (Å²) in [4.78, 5) is 8.97. The number of benzene rings is 3. The van der Waals surface area contributed by atoms with Crippen molar-refractivity contribution in [3.05, 3.63) is 88.1 Å². The van der Waals surface area contributed by atoms with Crippen LogP contribution >= 0.6 is 23.5 Å². The van der Waals surface area contributed by atoms with Crippen LogP contribution in [0, 0.1) is 6.92 Å². The summed E-state index contributed by atoms with van der Waals surface area (Å²) in [5.41, 5.74) is 3.34. The maximum Gasteiger partial charge on any atom is 0.338 e. The highest BCUT2D eigenvalue weighted by atomic mass is 35.5. The van der Waals surface area contributed by atoms with Gasteiger partial charge in [0.15, 0.2) is 11.5 Å². The molecule has 198 valence electrons. The van der Waals surface area contributed by atoms with E-state index in [1.807, 2.05) is 43.3 Å². The first-order valence-electron chi connectivity index (χ1n) is 11.8. The lowest BCUT2D eigenvalue weighted by Gasteiger charge is -2.19. The van der Waals surface area contributed by atoms with Gasteiger partial charge in [0.05, 0.1) is 16.9 Å². The zero-order valence-electron chi connectivity index (χ0n) is 20.5. The van der Waals surface area contributed by atoms with Crippen LogP contribution in [0.5, 0.6) is 11.5 Å². The number of anilines is 1. The number of hydrogen-bond acceptors (Lipinski definition) is 10. The Bertz CT molecular complexity index is 1820. The molecule has 0 atom stereocenters. The van der Waals surface area contributed by atoms with Crippen LogP contribution in [0.1, 0.15) is 5.56 Å². The van der Waals surface area contributed by atoms with Gasteiger partial charge in [0.25, 0.3) is 0 Å². The molecule has 0 spiro atoms. The average molecular weight is 581 g/mol. The Balaban J connectivity index is 1.25. The van der Waals surface area contributed by atoms with Crippen LogP contribution in [0.25, 0.3) is 23.2 Å². The van der Waals surface area contributed by atoms with Crippen molar-refractivity contribution >= 4 is 51.4 Å². The number of nitrogens with one attached hydrogen (secondary N) is 2. The molecular formula is C27H21ClN4O5S2. The van der Waals surface area contributed by atoms with E-state index in [0.29, 0.717) is 51.6 Å². The van der Waals surface area contributed by atoms with Crippen molar-refractivity contribution in [1.82, 2.24) is 14.7 Å². The molecule has 3 aromatic carbocycles. The maximum atomic E-state index is 12.5. The lowest BCUT2D eigenvalue weighted by Crippen LogP contribution is -2.23. The molecule has 0 saturated carbocycles. The standard InChI is InChI=1S/C27H21ClN4O5S2/c1-16-5-8-19(9-6-16)39(33,34)37-15-18-14-29-25-26(32-38-27(25)30-18)31-21-4-2-3-20(24(21)28)17-7-10-22-23(13-17)36-12-11-35-22/h2-10,13-15,31-32H,11-12H2,1H3. The molecule has 39 heavy (non-hydrogen) atoms. The normalized spacial score (nSPS) is 14.5. The molecule has 0 aliphatic carbocycles. The summed E-state index contributed by atoms with van der Waals surface area (Å²) < 4.78 is 44.5. The fourth-order valence-corrected chi connectivity index (χ4v) is 5.82. The molecule has 0 fully saturated rings. The van der Waals surface area contributed by atoms with Gasteiger partial charge >= 0.3 is 10.1 Å². The van der Waals surface area contributed by atoms with Crippen molar-refractivity contribution in [3.63, 3.8) is 0 Å². The van der Waals surface area contributed by atoms with Crippen LogP contribution in [0.2, 0.25) is 5.02 Å². The van der Waals surface area contributed by atoms with E-state index in [2.05, 4.69) is 20.0 Å². The summed E-state index contributed by atoms with van der Waals surface area (Å²) in [7, 11) is -3.97. The smallest absolute Gasteiger partial charge is 0.338 e. The first kappa shape index (κ1) is 25.4. The van der Waals surface area contributed by atoms with Crippen molar-refractivity contribution in [2.24, 2.45) is 0 Å². The zero-order valence-corrected chi connectivity index (χ0v) is 22.9. The molecule has 4 aromatic rings. The van der Waals surface area contributed by atoms with Gasteiger partial charge in [-0.05, 0) is 42.8 Å². The van der Waals surface area contributed by atoms with Crippen LogP contribution in [0.15, 0.2) is 76.8 Å². The Morgan fingerprint density at radius 3 is 2.69 bits per heavy atom. The number of rotatable bonds is 6. The third kappa shape index (κ3) is 5.20. The fraction of sp³-hybridized carbons (Fsp3) is 0.111. The van der Waals surface area contributed by atoms with Crippen LogP contribution in [0.4, 0.5) is 5.69 Å². The summed E-state index contributed by atoms with van der Waals surface area (Å²) in [6.07, 6.45) is 2.51. The number of hydrogen-bond donors (Lipinski definition) is 2. The average Bonchev–Trinajstić information content (AvgIpc) is 3.35. The molecule has 0 saturated heterocycles. The quantitative estimate of drug-likeness (QED) is 0.258. The molecule has 2 N–H and O–H groups in total. The Morgan fingerprint density at radius 1 is 1.08 bits per heavy atom. The van der Waals surface area contributed by atoms with Gasteiger partial charge in [-0.25, -0.2) is 9.97 Å². The van der Waals surface area contributed by atoms with E-state index in [0.717, 1.165) is 23.0 Å². The van der Waals surface area contributed by atoms with Gasteiger partial charge in [-0.2, -0.15) is 8.42 Å². The molecule has 0 radical (unpaired) electrons. The molecule has 0 unspecified atom stereocenters. The van der Waals surface area contributed by atoms with Crippen LogP contribution < -0.4 is 30.2 Å². The topological polar surface area (TPSA) is 112 Å². The van der Waals surface area contributed by atoms with Crippen molar-refractivity contribution in [2.45, 2.75) is 16.8 Å². The number of fused-ring (bicyclic) bond motifs is 2. The summed E-state index contributed by atoms with van der Waals surface area (Å²) in [6, 6.07) is 17.8. The zero-order chi connectivity index (χ0) is 27.0. The first-order chi connectivity index (χ1) is 18.9. The van der Waals surface area contributed by atoms with E-state index in [1.165, 1.54) is 30.3 Å². The van der Waals surface area contributed by atoms with Crippen LogP contribution in [-0.2, 0) is 14.3 Å². The highest BCUT2D eigenvalue weighted by Gasteiger charge is 2.19. The summed E-state index contributed by atoms with van der Waals surface area (Å²) in [5, 5.41) is 5.21. The minimum atomic E-state index is -3.97. The summed E-state index contributed by atoms with van der Waals surface area (Å²) in [6.45, 7) is 2.90. The molecule has 1 aromatic heterocycles. The third-order valence-electron chi connectivity index (χ3n) is 5.96. The lowest BCUT2D eigenvalue weighted by atomic mass is 10.0. The van der Waals surface area contributed by atoms with E-state index in [4.69, 9.17) is 25.3 Å². The van der Waals surface area contributed by atoms with Gasteiger partial charge in [-0.3, -0.25) is 0 Å². The van der Waals surface area contributed by atoms with E-state index in [9.17, 15) is 8.42 Å². The molecule has 2 aliphatic rings. The van der Waals surface area contributed by atoms with Crippen molar-refractivity contribution in [1.29, 1.82) is 0 Å². The second-order valence-corrected chi connectivity index (χ2v) is 11.4. The highest BCUT2D eigenvalue weighted by Crippen LogP contribution is 2.39. The number of halogens is 1. The van der Waals surface area contributed by atoms with Gasteiger partial charge in [0, 0.05) is 17.5 Å². The molecular weight excluding hydrogens is 560 g/mol. The van der Waals surface area contributed by atoms with Crippen LogP contribution in [0.3, 0.4) is 0 Å². The van der Waals surface area contributed by atoms with Gasteiger partial charge in [-0.1, -0.05) is 47.5 Å². The predicted molar refractivity (Wildman–Crippen MR) is 149 cm³/mol. The predicted octanol–water partition coefficient (Wildman–Crippen LogP) is 3.81. The largest absolute Gasteiger partial charge is 0.486 e. The first-order valence-corrected chi connectivity index (χ1v) is 14.4. The molecule has 12 heteroatoms. The van der Waals surface area contributed by atoms with Crippen LogP contribution in [-0.4, -0.2) is 31.6 Å². The van der Waals surface area contributed by atoms with Gasteiger partial charge in [0.2, 0.25) is 0 Å². The molecule has 2 aliphatic heterocycles. The Morgan fingerprint density at radius 2 is 1.87 bits per heavy atom. The monoisotopic (exact) mass is 580 g/mol. The molecule has 9 nitrogen and oxygen atoms in total. The molecule has 6 rings (SSSR count). The van der Waals surface area contributed by atoms with E-state index in [-0.39, 0.29) is 10.2 Å². The Labute approximate surface area is 233 Å². The Hall–Kier alpha value is -3.93. The molecule has 3 heterocycles. The second-order valence-electron chi connectivity index (χ2n) is 8.66. The number of aromatic nitrogens is 2. The van der Waals surface area contributed by atoms with E-state index < -0.39 is 10.1 Å². The van der Waals surface area contributed by atoms with Crippen molar-refractivity contribution in [3.8, 4) is 22.6 Å². The molecule has 0 amide bonds. The van der Waals surface area contributed by atoms with Gasteiger partial charge in [0.1, 0.15) is 45.9 Å². The minimum Gasteiger partial charge on any atom is -0.486 e. The fourth-order valence-electron chi connectivity index (χ4n) is 3.99. The number of aryl methyl sites for hydroxylation is 1.